The predicted molar refractivity (Wildman–Crippen MR) is 92.8 cm³/mol. The summed E-state index contributed by atoms with van der Waals surface area (Å²) in [6.07, 6.45) is -4.89. The van der Waals surface area contributed by atoms with Crippen LogP contribution in [0.15, 0.2) is 59.5 Å². The van der Waals surface area contributed by atoms with Crippen molar-refractivity contribution in [1.82, 2.24) is 0 Å². The lowest BCUT2D eigenvalue weighted by Crippen LogP contribution is -2.41. The molecule has 0 amide bonds. The highest BCUT2D eigenvalue weighted by atomic mass is 32.2. The second kappa shape index (κ2) is 9.67. The number of benzene rings is 2. The molecule has 0 aliphatic carbocycles. The number of rotatable bonds is 9. The molecule has 0 heterocycles. The van der Waals surface area contributed by atoms with Crippen LogP contribution in [0.3, 0.4) is 0 Å². The van der Waals surface area contributed by atoms with Crippen LogP contribution in [0.2, 0.25) is 0 Å². The normalized spacial score (nSPS) is 16.0. The number of hydrogen-bond donors (Lipinski definition) is 4. The first-order valence-electron chi connectivity index (χ1n) is 7.66. The maximum atomic E-state index is 11.1. The molecule has 134 valence electrons. The van der Waals surface area contributed by atoms with Gasteiger partial charge in [-0.2, -0.15) is 0 Å². The lowest BCUT2D eigenvalue weighted by molar-refractivity contribution is -0.123. The molecule has 25 heavy (non-hydrogen) atoms. The van der Waals surface area contributed by atoms with Crippen LogP contribution in [-0.2, 0) is 8.98 Å². The molecule has 4 atom stereocenters. The van der Waals surface area contributed by atoms with Gasteiger partial charge in [0.05, 0.1) is 6.61 Å². The van der Waals surface area contributed by atoms with Gasteiger partial charge < -0.3 is 25.2 Å². The minimum Gasteiger partial charge on any atom is -0.394 e. The summed E-state index contributed by atoms with van der Waals surface area (Å²) in [5.41, 5.74) is 1.29. The maximum Gasteiger partial charge on any atom is 0.156 e. The molecule has 7 heteroatoms. The van der Waals surface area contributed by atoms with Crippen LogP contribution in [0.25, 0.3) is 0 Å². The Morgan fingerprint density at radius 3 is 2.28 bits per heavy atom. The SMILES string of the molecule is O=C[C@H](OSc1ccccc1C(O)c1ccccc1)[C@@H](O)[C@H](O)CO. The quantitative estimate of drug-likeness (QED) is 0.389. The van der Waals surface area contributed by atoms with Crippen molar-refractivity contribution in [3.05, 3.63) is 65.7 Å². The van der Waals surface area contributed by atoms with E-state index in [9.17, 15) is 20.1 Å². The summed E-state index contributed by atoms with van der Waals surface area (Å²) in [5.74, 6) is 0. The van der Waals surface area contributed by atoms with Crippen LogP contribution >= 0.6 is 12.0 Å². The van der Waals surface area contributed by atoms with Gasteiger partial charge in [-0.05, 0) is 11.6 Å². The van der Waals surface area contributed by atoms with E-state index in [-0.39, 0.29) is 0 Å². The molecule has 0 aromatic heterocycles. The summed E-state index contributed by atoms with van der Waals surface area (Å²) in [5, 5.41) is 38.6. The topological polar surface area (TPSA) is 107 Å². The van der Waals surface area contributed by atoms with E-state index < -0.39 is 31.0 Å². The summed E-state index contributed by atoms with van der Waals surface area (Å²) in [6.45, 7) is -0.692. The van der Waals surface area contributed by atoms with Gasteiger partial charge in [0.1, 0.15) is 18.3 Å². The largest absolute Gasteiger partial charge is 0.394 e. The molecule has 2 rings (SSSR count). The molecule has 0 bridgehead atoms. The van der Waals surface area contributed by atoms with E-state index in [4.69, 9.17) is 9.29 Å². The molecule has 6 nitrogen and oxygen atoms in total. The third-order valence-electron chi connectivity index (χ3n) is 3.63. The highest BCUT2D eigenvalue weighted by Gasteiger charge is 2.27. The number of aliphatic hydroxyl groups is 4. The molecule has 0 radical (unpaired) electrons. The Morgan fingerprint density at radius 1 is 1.00 bits per heavy atom. The van der Waals surface area contributed by atoms with Gasteiger partial charge in [0, 0.05) is 22.5 Å². The van der Waals surface area contributed by atoms with Crippen molar-refractivity contribution < 1.29 is 29.4 Å². The molecule has 0 aliphatic heterocycles. The smallest absolute Gasteiger partial charge is 0.156 e. The fourth-order valence-corrected chi connectivity index (χ4v) is 2.98. The lowest BCUT2D eigenvalue weighted by atomic mass is 10.0. The molecule has 0 aliphatic rings. The number of aliphatic hydroxyl groups excluding tert-OH is 4. The van der Waals surface area contributed by atoms with Crippen LogP contribution < -0.4 is 0 Å². The zero-order valence-corrected chi connectivity index (χ0v) is 14.1. The summed E-state index contributed by atoms with van der Waals surface area (Å²) < 4.78 is 5.31. The number of carbonyl (C=O) groups is 1. The maximum absolute atomic E-state index is 11.1. The molecule has 4 N–H and O–H groups in total. The van der Waals surface area contributed by atoms with Crippen molar-refractivity contribution in [2.45, 2.75) is 29.3 Å². The highest BCUT2D eigenvalue weighted by Crippen LogP contribution is 2.32. The van der Waals surface area contributed by atoms with Gasteiger partial charge in [-0.15, -0.1) is 0 Å². The van der Waals surface area contributed by atoms with Crippen LogP contribution in [0, 0.1) is 0 Å². The zero-order chi connectivity index (χ0) is 18.2. The third-order valence-corrected chi connectivity index (χ3v) is 4.50. The Hall–Kier alpha value is -1.74. The predicted octanol–water partition coefficient (Wildman–Crippen LogP) is 1.07. The average molecular weight is 364 g/mol. The number of carbonyl (C=O) groups excluding carboxylic acids is 1. The Morgan fingerprint density at radius 2 is 1.64 bits per heavy atom. The van der Waals surface area contributed by atoms with E-state index in [0.29, 0.717) is 22.3 Å². The minimum absolute atomic E-state index is 0.354. The molecule has 1 unspecified atom stereocenters. The molecule has 0 fully saturated rings. The van der Waals surface area contributed by atoms with Gasteiger partial charge in [-0.1, -0.05) is 48.5 Å². The van der Waals surface area contributed by atoms with Crippen LogP contribution in [0.4, 0.5) is 0 Å². The average Bonchev–Trinajstić information content (AvgIpc) is 2.68. The van der Waals surface area contributed by atoms with Gasteiger partial charge in [0.15, 0.2) is 12.4 Å². The Bertz CT molecular complexity index is 666. The van der Waals surface area contributed by atoms with Gasteiger partial charge in [0.25, 0.3) is 0 Å². The Labute approximate surface area is 149 Å². The fourth-order valence-electron chi connectivity index (χ4n) is 2.19. The monoisotopic (exact) mass is 364 g/mol. The minimum atomic E-state index is -1.55. The second-order valence-electron chi connectivity index (χ2n) is 5.37. The standard InChI is InChI=1S/C18H20O6S/c19-10-14(21)18(23)15(11-20)24-25-16-9-5-4-8-13(16)17(22)12-6-2-1-3-7-12/h1-9,11,14-15,17-19,21-23H,10H2/t14-,15+,17?,18+/m1/s1. The molecule has 0 saturated heterocycles. The summed E-state index contributed by atoms with van der Waals surface area (Å²) >= 11 is 0.815. The van der Waals surface area contributed by atoms with Gasteiger partial charge >= 0.3 is 0 Å². The summed E-state index contributed by atoms with van der Waals surface area (Å²) in [4.78, 5) is 11.7. The second-order valence-corrected chi connectivity index (χ2v) is 6.17. The molecule has 0 spiro atoms. The molecule has 2 aromatic carbocycles. The van der Waals surface area contributed by atoms with E-state index >= 15 is 0 Å². The van der Waals surface area contributed by atoms with Crippen molar-refractivity contribution in [2.75, 3.05) is 6.61 Å². The van der Waals surface area contributed by atoms with E-state index in [1.54, 1.807) is 36.4 Å². The number of hydrogen-bond acceptors (Lipinski definition) is 7. The molecular weight excluding hydrogens is 344 g/mol. The van der Waals surface area contributed by atoms with Crippen LogP contribution in [-0.4, -0.2) is 51.6 Å². The molecule has 0 saturated carbocycles. The van der Waals surface area contributed by atoms with E-state index in [2.05, 4.69) is 0 Å². The van der Waals surface area contributed by atoms with E-state index in [0.717, 1.165) is 12.0 Å². The number of aldehydes is 1. The van der Waals surface area contributed by atoms with Crippen molar-refractivity contribution >= 4 is 18.3 Å². The zero-order valence-electron chi connectivity index (χ0n) is 13.3. The van der Waals surface area contributed by atoms with Gasteiger partial charge in [0.2, 0.25) is 0 Å². The first kappa shape index (κ1) is 19.6. The Kier molecular flexibility index (Phi) is 7.57. The first-order chi connectivity index (χ1) is 12.1. The summed E-state index contributed by atoms with van der Waals surface area (Å²) in [7, 11) is 0. The van der Waals surface area contributed by atoms with Crippen molar-refractivity contribution in [1.29, 1.82) is 0 Å². The van der Waals surface area contributed by atoms with Gasteiger partial charge in [-0.25, -0.2) is 0 Å². The van der Waals surface area contributed by atoms with E-state index in [1.165, 1.54) is 0 Å². The van der Waals surface area contributed by atoms with Crippen molar-refractivity contribution in [3.63, 3.8) is 0 Å². The first-order valence-corrected chi connectivity index (χ1v) is 8.40. The molecule has 2 aromatic rings. The Balaban J connectivity index is 2.14. The van der Waals surface area contributed by atoms with Crippen molar-refractivity contribution in [2.24, 2.45) is 0 Å². The summed E-state index contributed by atoms with van der Waals surface area (Å²) in [6, 6.07) is 16.0. The lowest BCUT2D eigenvalue weighted by Gasteiger charge is -2.22. The molecular formula is C18H20O6S. The highest BCUT2D eigenvalue weighted by molar-refractivity contribution is 7.94. The van der Waals surface area contributed by atoms with Crippen LogP contribution in [0.5, 0.6) is 0 Å². The van der Waals surface area contributed by atoms with Crippen molar-refractivity contribution in [3.8, 4) is 0 Å². The van der Waals surface area contributed by atoms with Crippen LogP contribution in [0.1, 0.15) is 17.2 Å². The van der Waals surface area contributed by atoms with E-state index in [1.807, 2.05) is 18.2 Å². The third kappa shape index (κ3) is 5.12. The fraction of sp³-hybridized carbons (Fsp3) is 0.278. The van der Waals surface area contributed by atoms with Gasteiger partial charge in [-0.3, -0.25) is 4.18 Å².